The quantitative estimate of drug-likeness (QED) is 0.799. The third-order valence-corrected chi connectivity index (χ3v) is 4.36. The van der Waals surface area contributed by atoms with Crippen LogP contribution < -0.4 is 5.32 Å². The number of nitrogens with zero attached hydrogens (tertiary/aromatic N) is 1. The molecule has 0 radical (unpaired) electrons. The van der Waals surface area contributed by atoms with Crippen LogP contribution in [-0.2, 0) is 4.79 Å². The Hall–Kier alpha value is -0.570. The van der Waals surface area contributed by atoms with Crippen molar-refractivity contribution in [3.8, 4) is 0 Å². The number of piperazine rings is 1. The third-order valence-electron chi connectivity index (χ3n) is 4.36. The van der Waals surface area contributed by atoms with Gasteiger partial charge in [0.15, 0.2) is 0 Å². The average molecular weight is 238 g/mol. The van der Waals surface area contributed by atoms with Gasteiger partial charge in [-0.3, -0.25) is 4.79 Å². The Labute approximate surface area is 105 Å². The molecule has 2 fully saturated rings. The van der Waals surface area contributed by atoms with Crippen molar-refractivity contribution < 1.29 is 4.79 Å². The first-order valence-corrected chi connectivity index (χ1v) is 7.10. The Kier molecular flexibility index (Phi) is 4.08. The second-order valence-electron chi connectivity index (χ2n) is 6.24. The van der Waals surface area contributed by atoms with E-state index in [0.29, 0.717) is 11.9 Å². The summed E-state index contributed by atoms with van der Waals surface area (Å²) in [6.45, 7) is 7.18. The number of rotatable bonds is 2. The van der Waals surface area contributed by atoms with Crippen LogP contribution in [0.4, 0.5) is 0 Å². The van der Waals surface area contributed by atoms with E-state index in [1.54, 1.807) is 0 Å². The molecular weight excluding hydrogens is 212 g/mol. The maximum absolute atomic E-state index is 12.3. The van der Waals surface area contributed by atoms with E-state index in [4.69, 9.17) is 0 Å². The molecule has 0 spiro atoms. The molecular formula is C14H26N2O. The summed E-state index contributed by atoms with van der Waals surface area (Å²) in [4.78, 5) is 14.4. The fourth-order valence-electron chi connectivity index (χ4n) is 3.22. The molecule has 0 aromatic carbocycles. The van der Waals surface area contributed by atoms with Crippen molar-refractivity contribution in [2.75, 3.05) is 19.6 Å². The van der Waals surface area contributed by atoms with Gasteiger partial charge in [0.25, 0.3) is 0 Å². The first-order valence-electron chi connectivity index (χ1n) is 7.10. The molecule has 0 aromatic rings. The van der Waals surface area contributed by atoms with Crippen LogP contribution in [0, 0.1) is 5.41 Å². The monoisotopic (exact) mass is 238 g/mol. The fourth-order valence-corrected chi connectivity index (χ4v) is 3.22. The predicted octanol–water partition coefficient (Wildman–Crippen LogP) is 2.17. The molecule has 0 aromatic heterocycles. The molecule has 1 amide bonds. The summed E-state index contributed by atoms with van der Waals surface area (Å²) < 4.78 is 0. The minimum absolute atomic E-state index is 0.281. The summed E-state index contributed by atoms with van der Waals surface area (Å²) in [5.41, 5.74) is 0.281. The van der Waals surface area contributed by atoms with Gasteiger partial charge in [0, 0.05) is 32.1 Å². The average Bonchev–Trinajstić information content (AvgIpc) is 2.29. The third kappa shape index (κ3) is 3.44. The summed E-state index contributed by atoms with van der Waals surface area (Å²) in [5, 5.41) is 3.39. The lowest BCUT2D eigenvalue weighted by Gasteiger charge is -2.37. The smallest absolute Gasteiger partial charge is 0.223 e. The van der Waals surface area contributed by atoms with Gasteiger partial charge < -0.3 is 10.2 Å². The minimum atomic E-state index is 0.281. The van der Waals surface area contributed by atoms with Crippen LogP contribution in [0.15, 0.2) is 0 Å². The Morgan fingerprint density at radius 2 is 2.06 bits per heavy atom. The highest BCUT2D eigenvalue weighted by atomic mass is 16.2. The molecule has 1 aliphatic heterocycles. The Morgan fingerprint density at radius 1 is 1.35 bits per heavy atom. The van der Waals surface area contributed by atoms with Crippen molar-refractivity contribution >= 4 is 5.91 Å². The lowest BCUT2D eigenvalue weighted by atomic mass is 9.73. The highest BCUT2D eigenvalue weighted by Crippen LogP contribution is 2.39. The maximum Gasteiger partial charge on any atom is 0.223 e. The van der Waals surface area contributed by atoms with Gasteiger partial charge in [0.1, 0.15) is 0 Å². The summed E-state index contributed by atoms with van der Waals surface area (Å²) in [5.74, 6) is 0.378. The lowest BCUT2D eigenvalue weighted by Crippen LogP contribution is -2.52. The van der Waals surface area contributed by atoms with Crippen molar-refractivity contribution in [1.29, 1.82) is 0 Å². The summed E-state index contributed by atoms with van der Waals surface area (Å²) >= 11 is 0. The molecule has 3 nitrogen and oxygen atoms in total. The molecule has 3 heteroatoms. The van der Waals surface area contributed by atoms with Crippen LogP contribution in [-0.4, -0.2) is 36.5 Å². The largest absolute Gasteiger partial charge is 0.340 e. The number of carbonyl (C=O) groups excluding carboxylic acids is 1. The van der Waals surface area contributed by atoms with Crippen molar-refractivity contribution in [3.05, 3.63) is 0 Å². The van der Waals surface area contributed by atoms with Gasteiger partial charge in [0.2, 0.25) is 5.91 Å². The summed E-state index contributed by atoms with van der Waals surface area (Å²) in [7, 11) is 0. The van der Waals surface area contributed by atoms with Crippen LogP contribution in [0.5, 0.6) is 0 Å². The summed E-state index contributed by atoms with van der Waals surface area (Å²) in [6.07, 6.45) is 7.21. The molecule has 0 bridgehead atoms. The van der Waals surface area contributed by atoms with Gasteiger partial charge in [-0.15, -0.1) is 0 Å². The topological polar surface area (TPSA) is 32.3 Å². The van der Waals surface area contributed by atoms with Gasteiger partial charge in [-0.25, -0.2) is 0 Å². The van der Waals surface area contributed by atoms with Crippen LogP contribution in [0.25, 0.3) is 0 Å². The van der Waals surface area contributed by atoms with Crippen LogP contribution in [0.2, 0.25) is 0 Å². The van der Waals surface area contributed by atoms with Gasteiger partial charge in [-0.1, -0.05) is 26.2 Å². The highest BCUT2D eigenvalue weighted by Gasteiger charge is 2.32. The first kappa shape index (κ1) is 12.9. The molecule has 2 rings (SSSR count). The molecule has 1 saturated carbocycles. The second-order valence-corrected chi connectivity index (χ2v) is 6.24. The number of nitrogens with one attached hydrogen (secondary N) is 1. The van der Waals surface area contributed by atoms with E-state index in [0.717, 1.165) is 26.1 Å². The van der Waals surface area contributed by atoms with Crippen LogP contribution in [0.1, 0.15) is 52.4 Å². The van der Waals surface area contributed by atoms with E-state index in [-0.39, 0.29) is 5.41 Å². The van der Waals surface area contributed by atoms with Crippen molar-refractivity contribution in [1.82, 2.24) is 10.2 Å². The van der Waals surface area contributed by atoms with Gasteiger partial charge in [-0.05, 0) is 25.2 Å². The predicted molar refractivity (Wildman–Crippen MR) is 69.9 cm³/mol. The zero-order valence-corrected chi connectivity index (χ0v) is 11.3. The fraction of sp³-hybridized carbons (Fsp3) is 0.929. The van der Waals surface area contributed by atoms with Crippen molar-refractivity contribution in [3.63, 3.8) is 0 Å². The molecule has 17 heavy (non-hydrogen) atoms. The van der Waals surface area contributed by atoms with Crippen LogP contribution in [0.3, 0.4) is 0 Å². The molecule has 0 unspecified atom stereocenters. The van der Waals surface area contributed by atoms with Crippen molar-refractivity contribution in [2.45, 2.75) is 58.4 Å². The normalized spacial score (nSPS) is 29.1. The second kappa shape index (κ2) is 5.38. The van der Waals surface area contributed by atoms with Crippen molar-refractivity contribution in [2.24, 2.45) is 5.41 Å². The molecule has 1 aliphatic carbocycles. The molecule has 1 atom stereocenters. The van der Waals surface area contributed by atoms with E-state index in [1.807, 2.05) is 0 Å². The maximum atomic E-state index is 12.3. The van der Waals surface area contributed by atoms with Gasteiger partial charge in [-0.2, -0.15) is 0 Å². The van der Waals surface area contributed by atoms with E-state index in [1.165, 1.54) is 32.1 Å². The summed E-state index contributed by atoms with van der Waals surface area (Å²) in [6, 6.07) is 0.451. The number of hydrogen-bond donors (Lipinski definition) is 1. The lowest BCUT2D eigenvalue weighted by molar-refractivity contribution is -0.135. The number of amides is 1. The standard InChI is InChI=1S/C14H26N2O/c1-12-11-16(9-8-15-12)13(17)10-14(2)6-4-3-5-7-14/h12,15H,3-11H2,1-2H3/t12-/m1/s1. The minimum Gasteiger partial charge on any atom is -0.340 e. The van der Waals surface area contributed by atoms with E-state index in [9.17, 15) is 4.79 Å². The Morgan fingerprint density at radius 3 is 2.71 bits per heavy atom. The van der Waals surface area contributed by atoms with E-state index < -0.39 is 0 Å². The van der Waals surface area contributed by atoms with Crippen LogP contribution >= 0.6 is 0 Å². The molecule has 98 valence electrons. The molecule has 1 saturated heterocycles. The Balaban J connectivity index is 1.87. The number of carbonyl (C=O) groups is 1. The molecule has 2 aliphatic rings. The zero-order valence-electron chi connectivity index (χ0n) is 11.3. The molecule has 1 N–H and O–H groups in total. The highest BCUT2D eigenvalue weighted by molar-refractivity contribution is 5.77. The first-order chi connectivity index (χ1) is 8.09. The van der Waals surface area contributed by atoms with E-state index >= 15 is 0 Å². The Bertz CT molecular complexity index is 271. The van der Waals surface area contributed by atoms with Gasteiger partial charge in [0.05, 0.1) is 0 Å². The van der Waals surface area contributed by atoms with Gasteiger partial charge >= 0.3 is 0 Å². The SMILES string of the molecule is C[C@@H]1CN(C(=O)CC2(C)CCCCC2)CCN1. The van der Waals surface area contributed by atoms with E-state index in [2.05, 4.69) is 24.1 Å². The number of hydrogen-bond acceptors (Lipinski definition) is 2. The zero-order chi connectivity index (χ0) is 12.3. The molecule has 1 heterocycles.